The SMILES string of the molecule is CCn1ncc(S(=O)(=O)N2CCN(Cc3c(C)nn(C)c3C)CC2)c1C. The fourth-order valence-corrected chi connectivity index (χ4v) is 5.12. The van der Waals surface area contributed by atoms with Crippen LogP contribution < -0.4 is 0 Å². The van der Waals surface area contributed by atoms with Gasteiger partial charge in [0, 0.05) is 57.6 Å². The molecule has 0 spiro atoms. The van der Waals surface area contributed by atoms with Crippen molar-refractivity contribution < 1.29 is 8.42 Å². The van der Waals surface area contributed by atoms with Gasteiger partial charge in [-0.3, -0.25) is 14.3 Å². The average molecular weight is 381 g/mol. The van der Waals surface area contributed by atoms with Crippen LogP contribution in [0.4, 0.5) is 0 Å². The molecule has 1 fully saturated rings. The van der Waals surface area contributed by atoms with Gasteiger partial charge in [-0.15, -0.1) is 0 Å². The fourth-order valence-electron chi connectivity index (χ4n) is 3.54. The third-order valence-electron chi connectivity index (χ3n) is 5.35. The first kappa shape index (κ1) is 19.1. The number of hydrogen-bond acceptors (Lipinski definition) is 5. The van der Waals surface area contributed by atoms with Crippen molar-refractivity contribution >= 4 is 10.0 Å². The number of sulfonamides is 1. The standard InChI is InChI=1S/C17H28N6O2S/c1-6-23-15(4)17(11-18-23)26(24,25)22-9-7-21(8-10-22)12-16-13(2)19-20(5)14(16)3/h11H,6-10,12H2,1-5H3. The topological polar surface area (TPSA) is 76.3 Å². The van der Waals surface area contributed by atoms with Crippen molar-refractivity contribution in [1.29, 1.82) is 0 Å². The van der Waals surface area contributed by atoms with Crippen LogP contribution in [-0.2, 0) is 30.2 Å². The molecule has 0 aromatic carbocycles. The van der Waals surface area contributed by atoms with Crippen LogP contribution >= 0.6 is 0 Å². The molecule has 1 aliphatic heterocycles. The molecule has 0 aliphatic carbocycles. The van der Waals surface area contributed by atoms with Crippen LogP contribution in [0.15, 0.2) is 11.1 Å². The second-order valence-electron chi connectivity index (χ2n) is 6.86. The molecule has 0 N–H and O–H groups in total. The summed E-state index contributed by atoms with van der Waals surface area (Å²) in [7, 11) is -1.53. The highest BCUT2D eigenvalue weighted by molar-refractivity contribution is 7.89. The number of aromatic nitrogens is 4. The minimum Gasteiger partial charge on any atom is -0.296 e. The Kier molecular flexibility index (Phi) is 5.23. The molecule has 0 atom stereocenters. The van der Waals surface area contributed by atoms with Crippen LogP contribution in [0.25, 0.3) is 0 Å². The van der Waals surface area contributed by atoms with Gasteiger partial charge in [-0.1, -0.05) is 0 Å². The number of piperazine rings is 1. The number of nitrogens with zero attached hydrogens (tertiary/aromatic N) is 6. The summed E-state index contributed by atoms with van der Waals surface area (Å²) in [5.41, 5.74) is 4.16. The van der Waals surface area contributed by atoms with E-state index in [-0.39, 0.29) is 0 Å². The predicted octanol–water partition coefficient (Wildman–Crippen LogP) is 1.07. The first-order valence-electron chi connectivity index (χ1n) is 8.99. The van der Waals surface area contributed by atoms with Crippen LogP contribution in [-0.4, -0.2) is 63.4 Å². The first-order chi connectivity index (χ1) is 12.3. The van der Waals surface area contributed by atoms with Crippen LogP contribution in [0.3, 0.4) is 0 Å². The van der Waals surface area contributed by atoms with Crippen LogP contribution in [0.5, 0.6) is 0 Å². The lowest BCUT2D eigenvalue weighted by molar-refractivity contribution is 0.181. The third-order valence-corrected chi connectivity index (χ3v) is 7.35. The van der Waals surface area contributed by atoms with Gasteiger partial charge < -0.3 is 0 Å². The lowest BCUT2D eigenvalue weighted by Crippen LogP contribution is -2.48. The normalized spacial score (nSPS) is 17.1. The van der Waals surface area contributed by atoms with E-state index in [0.717, 1.165) is 12.2 Å². The summed E-state index contributed by atoms with van der Waals surface area (Å²) in [6.45, 7) is 11.8. The molecule has 3 rings (SSSR count). The summed E-state index contributed by atoms with van der Waals surface area (Å²) in [5, 5.41) is 8.64. The Balaban J connectivity index is 1.69. The van der Waals surface area contributed by atoms with Crippen molar-refractivity contribution in [2.45, 2.75) is 45.7 Å². The van der Waals surface area contributed by atoms with Crippen molar-refractivity contribution in [2.75, 3.05) is 26.2 Å². The van der Waals surface area contributed by atoms with Crippen molar-refractivity contribution in [3.63, 3.8) is 0 Å². The molecule has 0 bridgehead atoms. The Labute approximate surface area is 155 Å². The maximum Gasteiger partial charge on any atom is 0.246 e. The van der Waals surface area contributed by atoms with E-state index >= 15 is 0 Å². The Morgan fingerprint density at radius 1 is 1.08 bits per heavy atom. The second-order valence-corrected chi connectivity index (χ2v) is 8.77. The zero-order valence-electron chi connectivity index (χ0n) is 16.2. The molecule has 0 amide bonds. The minimum atomic E-state index is -3.48. The van der Waals surface area contributed by atoms with Gasteiger partial charge in [0.05, 0.1) is 17.6 Å². The van der Waals surface area contributed by atoms with Crippen molar-refractivity contribution in [3.8, 4) is 0 Å². The molecule has 26 heavy (non-hydrogen) atoms. The smallest absolute Gasteiger partial charge is 0.246 e. The van der Waals surface area contributed by atoms with E-state index in [2.05, 4.69) is 22.0 Å². The van der Waals surface area contributed by atoms with E-state index in [1.807, 2.05) is 32.5 Å². The van der Waals surface area contributed by atoms with Gasteiger partial charge in [0.25, 0.3) is 0 Å². The summed E-state index contributed by atoms with van der Waals surface area (Å²) in [6.07, 6.45) is 1.48. The molecule has 0 radical (unpaired) electrons. The molecule has 1 aliphatic rings. The molecular weight excluding hydrogens is 352 g/mol. The summed E-state index contributed by atoms with van der Waals surface area (Å²) < 4.78 is 31.1. The van der Waals surface area contributed by atoms with Crippen molar-refractivity contribution in [1.82, 2.24) is 28.8 Å². The molecule has 8 nitrogen and oxygen atoms in total. The van der Waals surface area contributed by atoms with Gasteiger partial charge >= 0.3 is 0 Å². The third kappa shape index (κ3) is 3.30. The Bertz CT molecular complexity index is 891. The highest BCUT2D eigenvalue weighted by Crippen LogP contribution is 2.22. The number of rotatable bonds is 5. The van der Waals surface area contributed by atoms with E-state index in [1.165, 1.54) is 17.5 Å². The van der Waals surface area contributed by atoms with Crippen LogP contribution in [0, 0.1) is 20.8 Å². The second kappa shape index (κ2) is 7.13. The van der Waals surface area contributed by atoms with Gasteiger partial charge in [0.2, 0.25) is 10.0 Å². The molecule has 3 heterocycles. The summed E-state index contributed by atoms with van der Waals surface area (Å²) >= 11 is 0. The van der Waals surface area contributed by atoms with Gasteiger partial charge in [-0.25, -0.2) is 8.42 Å². The Hall–Kier alpha value is -1.71. The molecule has 2 aromatic rings. The maximum atomic E-state index is 13.0. The molecule has 9 heteroatoms. The quantitative estimate of drug-likeness (QED) is 0.775. The van der Waals surface area contributed by atoms with Crippen molar-refractivity contribution in [2.24, 2.45) is 7.05 Å². The lowest BCUT2D eigenvalue weighted by Gasteiger charge is -2.33. The van der Waals surface area contributed by atoms with E-state index in [4.69, 9.17) is 0 Å². The van der Waals surface area contributed by atoms with Crippen LogP contribution in [0.2, 0.25) is 0 Å². The predicted molar refractivity (Wildman–Crippen MR) is 99.4 cm³/mol. The Morgan fingerprint density at radius 2 is 1.73 bits per heavy atom. The van der Waals surface area contributed by atoms with E-state index < -0.39 is 10.0 Å². The number of aryl methyl sites for hydroxylation is 3. The van der Waals surface area contributed by atoms with Crippen molar-refractivity contribution in [3.05, 3.63) is 28.8 Å². The van der Waals surface area contributed by atoms with Crippen LogP contribution in [0.1, 0.15) is 29.6 Å². The Morgan fingerprint density at radius 3 is 2.23 bits per heavy atom. The van der Waals surface area contributed by atoms with E-state index in [9.17, 15) is 8.42 Å². The monoisotopic (exact) mass is 380 g/mol. The van der Waals surface area contributed by atoms with Gasteiger partial charge in [0.1, 0.15) is 4.90 Å². The first-order valence-corrected chi connectivity index (χ1v) is 10.4. The van der Waals surface area contributed by atoms with Gasteiger partial charge in [-0.05, 0) is 27.7 Å². The zero-order chi connectivity index (χ0) is 19.1. The molecule has 1 saturated heterocycles. The highest BCUT2D eigenvalue weighted by atomic mass is 32.2. The number of hydrogen-bond donors (Lipinski definition) is 0. The van der Waals surface area contributed by atoms with E-state index in [0.29, 0.717) is 43.3 Å². The van der Waals surface area contributed by atoms with Gasteiger partial charge in [0.15, 0.2) is 0 Å². The molecule has 2 aromatic heterocycles. The zero-order valence-corrected chi connectivity index (χ0v) is 17.0. The van der Waals surface area contributed by atoms with E-state index in [1.54, 1.807) is 8.99 Å². The summed E-state index contributed by atoms with van der Waals surface area (Å²) in [5.74, 6) is 0. The molecule has 0 unspecified atom stereocenters. The minimum absolute atomic E-state index is 0.326. The van der Waals surface area contributed by atoms with Gasteiger partial charge in [-0.2, -0.15) is 14.5 Å². The highest BCUT2D eigenvalue weighted by Gasteiger charge is 2.31. The largest absolute Gasteiger partial charge is 0.296 e. The average Bonchev–Trinajstić information content (AvgIpc) is 3.10. The molecule has 144 valence electrons. The lowest BCUT2D eigenvalue weighted by atomic mass is 10.1. The molecular formula is C17H28N6O2S. The maximum absolute atomic E-state index is 13.0. The summed E-state index contributed by atoms with van der Waals surface area (Å²) in [4.78, 5) is 2.62. The summed E-state index contributed by atoms with van der Waals surface area (Å²) in [6, 6.07) is 0. The fraction of sp³-hybridized carbons (Fsp3) is 0.647. The molecule has 0 saturated carbocycles.